The third-order valence-electron chi connectivity index (χ3n) is 2.64. The Bertz CT molecular complexity index is 622. The molecule has 0 spiro atoms. The second kappa shape index (κ2) is 6.93. The predicted molar refractivity (Wildman–Crippen MR) is 73.1 cm³/mol. The van der Waals surface area contributed by atoms with Gasteiger partial charge in [0, 0.05) is 37.9 Å². The Labute approximate surface area is 129 Å². The van der Waals surface area contributed by atoms with E-state index in [2.05, 4.69) is 4.99 Å². The van der Waals surface area contributed by atoms with E-state index in [1.807, 2.05) is 6.92 Å². The van der Waals surface area contributed by atoms with E-state index >= 15 is 0 Å². The Morgan fingerprint density at radius 3 is 2.15 bits per heavy atom. The van der Waals surface area contributed by atoms with Gasteiger partial charge in [-0.2, -0.15) is 0 Å². The average molecular weight is 448 g/mol. The summed E-state index contributed by atoms with van der Waals surface area (Å²) in [6.07, 6.45) is 0. The topological polar surface area (TPSA) is 75.7 Å². The van der Waals surface area contributed by atoms with Crippen LogP contribution in [-0.2, 0) is 20.1 Å². The first kappa shape index (κ1) is 16.0. The van der Waals surface area contributed by atoms with E-state index in [-0.39, 0.29) is 31.5 Å². The van der Waals surface area contributed by atoms with Gasteiger partial charge in [-0.15, -0.1) is 0 Å². The first-order valence-electron chi connectivity index (χ1n) is 5.65. The number of benzene rings is 2. The van der Waals surface area contributed by atoms with Gasteiger partial charge in [-0.25, -0.2) is 0 Å². The quantitative estimate of drug-likeness (QED) is 0.444. The molecule has 1 radical (unpaired) electrons. The number of aliphatic imine (C=N–C) groups is 1. The third kappa shape index (κ3) is 3.98. The van der Waals surface area contributed by atoms with Gasteiger partial charge in [0.15, 0.2) is 0 Å². The van der Waals surface area contributed by atoms with Crippen LogP contribution in [0.3, 0.4) is 0 Å². The van der Waals surface area contributed by atoms with E-state index in [1.54, 1.807) is 36.4 Å². The summed E-state index contributed by atoms with van der Waals surface area (Å²) in [5.74, 6) is 0.187. The number of hydrogen-bond donors (Lipinski definition) is 1. The Balaban J connectivity index is 0.00000200. The third-order valence-corrected chi connectivity index (χ3v) is 2.64. The minimum atomic E-state index is -0.434. The first-order valence-corrected chi connectivity index (χ1v) is 5.65. The number of nitro groups is 1. The number of non-ortho nitro benzene ring substituents is 1. The molecule has 6 heteroatoms. The molecule has 0 saturated carbocycles. The molecule has 1 N–H and O–H groups in total. The summed E-state index contributed by atoms with van der Waals surface area (Å²) in [6, 6.07) is 12.7. The van der Waals surface area contributed by atoms with Crippen LogP contribution in [0.2, 0.25) is 0 Å². The molecule has 5 nitrogen and oxygen atoms in total. The van der Waals surface area contributed by atoms with Crippen molar-refractivity contribution in [3.8, 4) is 5.75 Å². The van der Waals surface area contributed by atoms with Crippen LogP contribution in [0.5, 0.6) is 5.75 Å². The Morgan fingerprint density at radius 1 is 1.10 bits per heavy atom. The van der Waals surface area contributed by atoms with Crippen LogP contribution >= 0.6 is 0 Å². The average Bonchev–Trinajstić information content (AvgIpc) is 2.41. The predicted octanol–water partition coefficient (Wildman–Crippen LogP) is 3.44. The number of hydrogen-bond acceptors (Lipinski definition) is 4. The number of aromatic hydroxyl groups is 1. The van der Waals surface area contributed by atoms with Crippen molar-refractivity contribution in [1.29, 1.82) is 0 Å². The van der Waals surface area contributed by atoms with Crippen molar-refractivity contribution in [2.75, 3.05) is 0 Å². The summed E-state index contributed by atoms with van der Waals surface area (Å²) in [5.41, 5.74) is 2.34. The second-order valence-electron chi connectivity index (χ2n) is 4.02. The van der Waals surface area contributed by atoms with Crippen LogP contribution in [0.15, 0.2) is 53.5 Å². The number of rotatable bonds is 3. The normalized spacial score (nSPS) is 10.8. The zero-order valence-electron chi connectivity index (χ0n) is 10.6. The van der Waals surface area contributed by atoms with Gasteiger partial charge < -0.3 is 5.11 Å². The van der Waals surface area contributed by atoms with Crippen molar-refractivity contribution >= 4 is 17.1 Å². The molecule has 0 aliphatic rings. The van der Waals surface area contributed by atoms with Crippen molar-refractivity contribution in [2.45, 2.75) is 6.92 Å². The number of phenols is 1. The summed E-state index contributed by atoms with van der Waals surface area (Å²) in [5, 5.41) is 19.7. The number of phenolic OH excluding ortho intramolecular Hbond substituents is 1. The number of nitro benzene ring substituents is 1. The molecule has 0 saturated heterocycles. The standard InChI is InChI=1S/C14H12N2O3.Ir/c1-10(15-12-4-8-14(17)9-5-12)11-2-6-13(7-3-11)16(18)19;/h2-9,17H,1H3;/b15-10+;. The van der Waals surface area contributed by atoms with Crippen molar-refractivity contribution in [1.82, 2.24) is 0 Å². The van der Waals surface area contributed by atoms with E-state index in [1.165, 1.54) is 12.1 Å². The zero-order valence-corrected chi connectivity index (χ0v) is 13.0. The molecule has 2 aromatic rings. The van der Waals surface area contributed by atoms with Gasteiger partial charge in [-0.3, -0.25) is 15.1 Å². The van der Waals surface area contributed by atoms with Gasteiger partial charge in [0.25, 0.3) is 5.69 Å². The van der Waals surface area contributed by atoms with Gasteiger partial charge in [0.2, 0.25) is 0 Å². The molecule has 0 fully saturated rings. The summed E-state index contributed by atoms with van der Waals surface area (Å²) in [6.45, 7) is 1.83. The van der Waals surface area contributed by atoms with Crippen LogP contribution < -0.4 is 0 Å². The molecule has 20 heavy (non-hydrogen) atoms. The van der Waals surface area contributed by atoms with E-state index in [4.69, 9.17) is 0 Å². The molecule has 0 aliphatic heterocycles. The van der Waals surface area contributed by atoms with Crippen LogP contribution in [0, 0.1) is 10.1 Å². The largest absolute Gasteiger partial charge is 0.508 e. The maximum absolute atomic E-state index is 10.6. The molecule has 2 aromatic carbocycles. The number of nitrogens with zero attached hydrogens (tertiary/aromatic N) is 2. The first-order chi connectivity index (χ1) is 9.06. The van der Waals surface area contributed by atoms with Crippen LogP contribution in [0.1, 0.15) is 12.5 Å². The Morgan fingerprint density at radius 2 is 1.65 bits per heavy atom. The van der Waals surface area contributed by atoms with Crippen LogP contribution in [0.4, 0.5) is 11.4 Å². The van der Waals surface area contributed by atoms with Crippen LogP contribution in [0.25, 0.3) is 0 Å². The summed E-state index contributed by atoms with van der Waals surface area (Å²) < 4.78 is 0. The van der Waals surface area contributed by atoms with Gasteiger partial charge in [0.05, 0.1) is 10.6 Å². The van der Waals surface area contributed by atoms with Crippen LogP contribution in [-0.4, -0.2) is 15.7 Å². The molecule has 0 amide bonds. The van der Waals surface area contributed by atoms with E-state index < -0.39 is 4.92 Å². The van der Waals surface area contributed by atoms with Gasteiger partial charge in [-0.05, 0) is 48.9 Å². The minimum absolute atomic E-state index is 0. The molecule has 0 aromatic heterocycles. The maximum Gasteiger partial charge on any atom is 0.269 e. The molecule has 0 bridgehead atoms. The summed E-state index contributed by atoms with van der Waals surface area (Å²) >= 11 is 0. The van der Waals surface area contributed by atoms with Gasteiger partial charge in [-0.1, -0.05) is 0 Å². The maximum atomic E-state index is 10.6. The smallest absolute Gasteiger partial charge is 0.269 e. The molecule has 0 aliphatic carbocycles. The van der Waals surface area contributed by atoms with E-state index in [0.29, 0.717) is 5.69 Å². The molecule has 0 unspecified atom stereocenters. The molecular formula is C14H12IrN2O3. The molecule has 0 atom stereocenters. The summed E-state index contributed by atoms with van der Waals surface area (Å²) in [7, 11) is 0. The van der Waals surface area contributed by atoms with E-state index in [9.17, 15) is 15.2 Å². The Hall–Kier alpha value is -2.04. The molecule has 105 valence electrons. The fourth-order valence-corrected chi connectivity index (χ4v) is 1.61. The fourth-order valence-electron chi connectivity index (χ4n) is 1.61. The second-order valence-corrected chi connectivity index (χ2v) is 4.02. The summed E-state index contributed by atoms with van der Waals surface area (Å²) in [4.78, 5) is 14.5. The van der Waals surface area contributed by atoms with E-state index in [0.717, 1.165) is 11.3 Å². The zero-order chi connectivity index (χ0) is 13.8. The fraction of sp³-hybridized carbons (Fsp3) is 0.0714. The minimum Gasteiger partial charge on any atom is -0.508 e. The van der Waals surface area contributed by atoms with Crippen molar-refractivity contribution < 1.29 is 30.1 Å². The van der Waals surface area contributed by atoms with Gasteiger partial charge >= 0.3 is 0 Å². The van der Waals surface area contributed by atoms with Gasteiger partial charge in [0.1, 0.15) is 5.75 Å². The SMILES string of the molecule is C/C(=N\c1ccc(O)cc1)c1ccc([N+](=O)[O-])cc1.[Ir]. The van der Waals surface area contributed by atoms with Crippen molar-refractivity contribution in [2.24, 2.45) is 4.99 Å². The molecule has 2 rings (SSSR count). The van der Waals surface area contributed by atoms with Crippen molar-refractivity contribution in [3.05, 3.63) is 64.2 Å². The molecule has 0 heterocycles. The monoisotopic (exact) mass is 449 g/mol. The van der Waals surface area contributed by atoms with Crippen molar-refractivity contribution in [3.63, 3.8) is 0 Å². The molecular weight excluding hydrogens is 436 g/mol. The Kier molecular flexibility index (Phi) is 5.55.